The molecule has 3 N–H and O–H groups in total. The van der Waals surface area contributed by atoms with E-state index in [1.165, 1.54) is 0 Å². The number of likely N-dealkylation sites (tertiary alicyclic amines) is 1. The number of aromatic nitrogens is 1. The number of nitrogens with one attached hydrogen (secondary N) is 1. The van der Waals surface area contributed by atoms with Crippen LogP contribution in [-0.2, 0) is 4.79 Å². The number of piperidine rings is 1. The van der Waals surface area contributed by atoms with Gasteiger partial charge in [-0.3, -0.25) is 19.5 Å². The van der Waals surface area contributed by atoms with E-state index in [1.807, 2.05) is 42.2 Å². The van der Waals surface area contributed by atoms with Crippen molar-refractivity contribution >= 4 is 22.7 Å². The van der Waals surface area contributed by atoms with Gasteiger partial charge < -0.3 is 11.1 Å². The van der Waals surface area contributed by atoms with Gasteiger partial charge in [-0.15, -0.1) is 0 Å². The van der Waals surface area contributed by atoms with Crippen molar-refractivity contribution < 1.29 is 9.59 Å². The second-order valence-corrected chi connectivity index (χ2v) is 6.32. The highest BCUT2D eigenvalue weighted by atomic mass is 16.2. The van der Waals surface area contributed by atoms with Crippen LogP contribution < -0.4 is 11.1 Å². The van der Waals surface area contributed by atoms with Gasteiger partial charge in [-0.2, -0.15) is 0 Å². The van der Waals surface area contributed by atoms with Crippen molar-refractivity contribution in [3.8, 4) is 0 Å². The molecule has 126 valence electrons. The van der Waals surface area contributed by atoms with Crippen LogP contribution in [0.2, 0.25) is 0 Å². The zero-order valence-electron chi connectivity index (χ0n) is 13.8. The van der Waals surface area contributed by atoms with Crippen molar-refractivity contribution in [2.24, 2.45) is 5.73 Å². The molecule has 1 aromatic carbocycles. The molecule has 1 aromatic heterocycles. The quantitative estimate of drug-likeness (QED) is 0.884. The third kappa shape index (κ3) is 3.71. The zero-order valence-corrected chi connectivity index (χ0v) is 13.8. The first-order valence-electron chi connectivity index (χ1n) is 8.21. The predicted molar refractivity (Wildman–Crippen MR) is 92.6 cm³/mol. The Bertz CT molecular complexity index is 767. The molecule has 0 aliphatic carbocycles. The highest BCUT2D eigenvalue weighted by molar-refractivity contribution is 6.06. The molecule has 2 aromatic rings. The van der Waals surface area contributed by atoms with E-state index in [9.17, 15) is 9.59 Å². The number of amides is 2. The number of carbonyl (C=O) groups is 2. The van der Waals surface area contributed by atoms with Crippen LogP contribution in [0.4, 0.5) is 0 Å². The summed E-state index contributed by atoms with van der Waals surface area (Å²) in [6.45, 7) is 3.72. The molecule has 24 heavy (non-hydrogen) atoms. The maximum Gasteiger partial charge on any atom is 0.252 e. The third-order valence-electron chi connectivity index (χ3n) is 4.39. The normalized spacial score (nSPS) is 16.2. The number of carbonyl (C=O) groups excluding carboxylic acids is 2. The van der Waals surface area contributed by atoms with Crippen molar-refractivity contribution in [3.63, 3.8) is 0 Å². The minimum absolute atomic E-state index is 0.0648. The highest BCUT2D eigenvalue weighted by Crippen LogP contribution is 2.19. The monoisotopic (exact) mass is 326 g/mol. The Morgan fingerprint density at radius 2 is 2.00 bits per heavy atom. The predicted octanol–water partition coefficient (Wildman–Crippen LogP) is 1.22. The van der Waals surface area contributed by atoms with E-state index in [0.29, 0.717) is 5.56 Å². The molecule has 0 saturated carbocycles. The molecule has 1 saturated heterocycles. The van der Waals surface area contributed by atoms with Gasteiger partial charge in [-0.05, 0) is 31.9 Å². The summed E-state index contributed by atoms with van der Waals surface area (Å²) in [6, 6.07) is 9.63. The number of nitrogens with two attached hydrogens (primary N) is 1. The molecule has 0 radical (unpaired) electrons. The van der Waals surface area contributed by atoms with Gasteiger partial charge in [0.2, 0.25) is 5.91 Å². The summed E-state index contributed by atoms with van der Waals surface area (Å²) in [7, 11) is 0. The standard InChI is InChI=1S/C18H22N4O2/c1-12-10-15(14-4-2-3-5-16(14)20-12)18(24)21-13-6-8-22(9-7-13)11-17(19)23/h2-5,10,13H,6-9,11H2,1H3,(H2,19,23)(H,21,24). The number of benzene rings is 1. The summed E-state index contributed by atoms with van der Waals surface area (Å²) in [5.74, 6) is -0.374. The van der Waals surface area contributed by atoms with Gasteiger partial charge in [0.15, 0.2) is 0 Å². The molecular formula is C18H22N4O2. The van der Waals surface area contributed by atoms with Gasteiger partial charge in [0, 0.05) is 30.2 Å². The second-order valence-electron chi connectivity index (χ2n) is 6.32. The fourth-order valence-electron chi connectivity index (χ4n) is 3.21. The Morgan fingerprint density at radius 1 is 1.29 bits per heavy atom. The molecule has 1 aliphatic rings. The minimum Gasteiger partial charge on any atom is -0.369 e. The number of pyridine rings is 1. The van der Waals surface area contributed by atoms with Gasteiger partial charge in [-0.1, -0.05) is 18.2 Å². The largest absolute Gasteiger partial charge is 0.369 e. The number of primary amides is 1. The zero-order chi connectivity index (χ0) is 17.1. The molecule has 1 aliphatic heterocycles. The number of fused-ring (bicyclic) bond motifs is 1. The SMILES string of the molecule is Cc1cc(C(=O)NC2CCN(CC(N)=O)CC2)c2ccccc2n1. The van der Waals surface area contributed by atoms with E-state index in [-0.39, 0.29) is 24.4 Å². The van der Waals surface area contributed by atoms with Crippen LogP contribution in [-0.4, -0.2) is 47.4 Å². The van der Waals surface area contributed by atoms with Crippen LogP contribution in [0.1, 0.15) is 28.9 Å². The van der Waals surface area contributed by atoms with Gasteiger partial charge in [0.1, 0.15) is 0 Å². The number of rotatable bonds is 4. The van der Waals surface area contributed by atoms with Crippen molar-refractivity contribution in [2.45, 2.75) is 25.8 Å². The number of nitrogens with zero attached hydrogens (tertiary/aromatic N) is 2. The van der Waals surface area contributed by atoms with E-state index < -0.39 is 0 Å². The van der Waals surface area contributed by atoms with E-state index in [2.05, 4.69) is 10.3 Å². The maximum absolute atomic E-state index is 12.7. The first-order chi connectivity index (χ1) is 11.5. The Morgan fingerprint density at radius 3 is 2.71 bits per heavy atom. The molecule has 6 heteroatoms. The molecular weight excluding hydrogens is 304 g/mol. The van der Waals surface area contributed by atoms with E-state index >= 15 is 0 Å². The first kappa shape index (κ1) is 16.4. The van der Waals surface area contributed by atoms with Crippen LogP contribution in [0.15, 0.2) is 30.3 Å². The molecule has 1 fully saturated rings. The van der Waals surface area contributed by atoms with Gasteiger partial charge >= 0.3 is 0 Å². The van der Waals surface area contributed by atoms with Crippen LogP contribution in [0.25, 0.3) is 10.9 Å². The van der Waals surface area contributed by atoms with E-state index in [4.69, 9.17) is 5.73 Å². The average Bonchev–Trinajstić information content (AvgIpc) is 2.55. The average molecular weight is 326 g/mol. The van der Waals surface area contributed by atoms with Crippen molar-refractivity contribution in [2.75, 3.05) is 19.6 Å². The van der Waals surface area contributed by atoms with Crippen LogP contribution in [0, 0.1) is 6.92 Å². The van der Waals surface area contributed by atoms with E-state index in [1.54, 1.807) is 0 Å². The lowest BCUT2D eigenvalue weighted by atomic mass is 10.0. The molecule has 3 rings (SSSR count). The molecule has 0 bridgehead atoms. The first-order valence-corrected chi connectivity index (χ1v) is 8.21. The Hall–Kier alpha value is -2.47. The number of hydrogen-bond donors (Lipinski definition) is 2. The summed E-state index contributed by atoms with van der Waals surface area (Å²) in [4.78, 5) is 30.2. The molecule has 2 heterocycles. The van der Waals surface area contributed by atoms with Crippen LogP contribution in [0.3, 0.4) is 0 Å². The summed E-state index contributed by atoms with van der Waals surface area (Å²) < 4.78 is 0. The summed E-state index contributed by atoms with van der Waals surface area (Å²) in [5, 5.41) is 3.99. The van der Waals surface area contributed by atoms with Crippen LogP contribution in [0.5, 0.6) is 0 Å². The third-order valence-corrected chi connectivity index (χ3v) is 4.39. The van der Waals surface area contributed by atoms with Crippen molar-refractivity contribution in [3.05, 3.63) is 41.6 Å². The minimum atomic E-state index is -0.309. The number of hydrogen-bond acceptors (Lipinski definition) is 4. The molecule has 0 unspecified atom stereocenters. The van der Waals surface area contributed by atoms with Crippen LogP contribution >= 0.6 is 0 Å². The number of aryl methyl sites for hydroxylation is 1. The maximum atomic E-state index is 12.7. The highest BCUT2D eigenvalue weighted by Gasteiger charge is 2.22. The smallest absolute Gasteiger partial charge is 0.252 e. The van der Waals surface area contributed by atoms with E-state index in [0.717, 1.165) is 42.5 Å². The fraction of sp³-hybridized carbons (Fsp3) is 0.389. The molecule has 0 atom stereocenters. The molecule has 6 nitrogen and oxygen atoms in total. The Labute approximate surface area is 141 Å². The fourth-order valence-corrected chi connectivity index (χ4v) is 3.21. The molecule has 0 spiro atoms. The van der Waals surface area contributed by atoms with Crippen molar-refractivity contribution in [1.29, 1.82) is 0 Å². The Kier molecular flexibility index (Phi) is 4.76. The van der Waals surface area contributed by atoms with Gasteiger partial charge in [-0.25, -0.2) is 0 Å². The topological polar surface area (TPSA) is 88.3 Å². The summed E-state index contributed by atoms with van der Waals surface area (Å²) >= 11 is 0. The second kappa shape index (κ2) is 6.97. The summed E-state index contributed by atoms with van der Waals surface area (Å²) in [6.07, 6.45) is 1.64. The van der Waals surface area contributed by atoms with Gasteiger partial charge in [0.05, 0.1) is 17.6 Å². The molecule has 2 amide bonds. The lowest BCUT2D eigenvalue weighted by molar-refractivity contribution is -0.119. The van der Waals surface area contributed by atoms with Crippen molar-refractivity contribution in [1.82, 2.24) is 15.2 Å². The van der Waals surface area contributed by atoms with Gasteiger partial charge in [0.25, 0.3) is 5.91 Å². The lowest BCUT2D eigenvalue weighted by Crippen LogP contribution is -2.46. The lowest BCUT2D eigenvalue weighted by Gasteiger charge is -2.31. The Balaban J connectivity index is 1.69. The number of para-hydroxylation sites is 1. The summed E-state index contributed by atoms with van der Waals surface area (Å²) in [5.41, 5.74) is 7.55.